The summed E-state index contributed by atoms with van der Waals surface area (Å²) in [5.74, 6) is 1.55. The Morgan fingerprint density at radius 2 is 1.94 bits per heavy atom. The van der Waals surface area contributed by atoms with Crippen LogP contribution in [-0.4, -0.2) is 34.6 Å². The Morgan fingerprint density at radius 1 is 1.20 bits per heavy atom. The molecule has 3 heterocycles. The molecule has 4 N–H and O–H groups in total. The third kappa shape index (κ3) is 4.36. The zero-order valence-electron chi connectivity index (χ0n) is 20.0. The Balaban J connectivity index is 1.72. The van der Waals surface area contributed by atoms with E-state index in [0.29, 0.717) is 23.1 Å². The van der Waals surface area contributed by atoms with Crippen LogP contribution < -0.4 is 5.73 Å². The number of benzene rings is 1. The maximum atomic E-state index is 10.2. The average Bonchev–Trinajstić information content (AvgIpc) is 3.50. The van der Waals surface area contributed by atoms with Crippen LogP contribution >= 0.6 is 0 Å². The van der Waals surface area contributed by atoms with Gasteiger partial charge in [0.05, 0.1) is 23.4 Å². The van der Waals surface area contributed by atoms with Crippen molar-refractivity contribution < 1.29 is 5.11 Å². The molecule has 0 aliphatic heterocycles. The van der Waals surface area contributed by atoms with Gasteiger partial charge < -0.3 is 15.8 Å². The highest BCUT2D eigenvalue weighted by atomic mass is 16.3. The summed E-state index contributed by atoms with van der Waals surface area (Å²) in [5, 5.41) is 29.7. The van der Waals surface area contributed by atoms with E-state index in [2.05, 4.69) is 21.1 Å². The van der Waals surface area contributed by atoms with E-state index in [4.69, 9.17) is 10.8 Å². The molecule has 1 unspecified atom stereocenters. The summed E-state index contributed by atoms with van der Waals surface area (Å²) >= 11 is 0. The summed E-state index contributed by atoms with van der Waals surface area (Å²) in [6, 6.07) is 13.2. The van der Waals surface area contributed by atoms with E-state index in [1.807, 2.05) is 36.7 Å². The van der Waals surface area contributed by atoms with Crippen molar-refractivity contribution in [3.8, 4) is 23.1 Å². The van der Waals surface area contributed by atoms with Gasteiger partial charge in [0, 0.05) is 41.0 Å². The fourth-order valence-corrected chi connectivity index (χ4v) is 4.49. The lowest BCUT2D eigenvalue weighted by atomic mass is 10.1. The predicted octanol–water partition coefficient (Wildman–Crippen LogP) is 4.27. The fourth-order valence-electron chi connectivity index (χ4n) is 4.49. The molecule has 1 saturated carbocycles. The summed E-state index contributed by atoms with van der Waals surface area (Å²) in [4.78, 5) is 8.01. The van der Waals surface area contributed by atoms with Gasteiger partial charge in [0.2, 0.25) is 0 Å². The van der Waals surface area contributed by atoms with Crippen LogP contribution in [0.4, 0.5) is 5.82 Å². The van der Waals surface area contributed by atoms with Gasteiger partial charge in [-0.05, 0) is 57.7 Å². The van der Waals surface area contributed by atoms with Crippen LogP contribution in [0.25, 0.3) is 28.1 Å². The number of aromatic nitrogens is 6. The van der Waals surface area contributed by atoms with Gasteiger partial charge in [0.25, 0.3) is 0 Å². The highest BCUT2D eigenvalue weighted by molar-refractivity contribution is 5.91. The highest BCUT2D eigenvalue weighted by Crippen LogP contribution is 2.33. The second-order valence-electron chi connectivity index (χ2n) is 9.13. The number of nitrogens with two attached hydrogens (primary N) is 1. The number of nitrogen functional groups attached to an aromatic ring is 1. The minimum Gasteiger partial charge on any atom is -0.389 e. The summed E-state index contributed by atoms with van der Waals surface area (Å²) in [5.41, 5.74) is 11.9. The number of nitriles is 1. The number of fused-ring (bicyclic) bond motifs is 1. The normalized spacial score (nSPS) is 14.0. The second-order valence-corrected chi connectivity index (χ2v) is 9.13. The third-order valence-electron chi connectivity index (χ3n) is 6.38. The summed E-state index contributed by atoms with van der Waals surface area (Å²) in [6.07, 6.45) is 3.47. The van der Waals surface area contributed by atoms with Crippen molar-refractivity contribution in [3.05, 3.63) is 65.1 Å². The average molecular weight is 469 g/mol. The minimum atomic E-state index is -0.636. The molecule has 0 saturated heterocycles. The first-order valence-electron chi connectivity index (χ1n) is 11.7. The zero-order chi connectivity index (χ0) is 24.7. The smallest absolute Gasteiger partial charge is 0.157 e. The van der Waals surface area contributed by atoms with E-state index in [1.54, 1.807) is 36.0 Å². The number of nitrogens with zero attached hydrogens (tertiary/aromatic N) is 6. The van der Waals surface area contributed by atoms with Crippen molar-refractivity contribution in [2.75, 3.05) is 5.73 Å². The van der Waals surface area contributed by atoms with Gasteiger partial charge >= 0.3 is 0 Å². The van der Waals surface area contributed by atoms with E-state index in [-0.39, 0.29) is 0 Å². The molecule has 35 heavy (non-hydrogen) atoms. The number of aromatic amines is 1. The van der Waals surface area contributed by atoms with E-state index in [9.17, 15) is 10.4 Å². The molecule has 0 bridgehead atoms. The molecule has 0 radical (unpaired) electrons. The van der Waals surface area contributed by atoms with Crippen molar-refractivity contribution in [2.24, 2.45) is 5.92 Å². The van der Waals surface area contributed by atoms with Crippen LogP contribution in [0.15, 0.2) is 42.6 Å². The number of rotatable bonds is 5. The Kier molecular flexibility index (Phi) is 5.75. The molecular formula is C26H28N8O. The van der Waals surface area contributed by atoms with E-state index in [0.717, 1.165) is 45.8 Å². The van der Waals surface area contributed by atoms with Gasteiger partial charge in [-0.2, -0.15) is 15.5 Å². The zero-order valence-corrected chi connectivity index (χ0v) is 20.0. The van der Waals surface area contributed by atoms with Crippen LogP contribution in [0.5, 0.6) is 0 Å². The SMILES string of the molecule is Cc1nn(-c2cc(N)[nH]c3c(ccn2)c(-c2ccc(C#N)cc2)nn3CC2CC2)c(C)c1C(C)O. The van der Waals surface area contributed by atoms with Crippen LogP contribution in [-0.2, 0) is 6.54 Å². The Labute approximate surface area is 203 Å². The summed E-state index contributed by atoms with van der Waals surface area (Å²) in [6.45, 7) is 6.30. The van der Waals surface area contributed by atoms with Crippen molar-refractivity contribution in [2.45, 2.75) is 46.3 Å². The number of hydrogen-bond donors (Lipinski definition) is 3. The minimum absolute atomic E-state index is 0.406. The molecule has 9 heteroatoms. The van der Waals surface area contributed by atoms with Gasteiger partial charge in [-0.15, -0.1) is 0 Å². The Hall–Kier alpha value is -4.16. The van der Waals surface area contributed by atoms with Gasteiger partial charge in [-0.25, -0.2) is 14.3 Å². The summed E-state index contributed by atoms with van der Waals surface area (Å²) < 4.78 is 3.68. The highest BCUT2D eigenvalue weighted by Gasteiger charge is 2.24. The van der Waals surface area contributed by atoms with E-state index < -0.39 is 6.10 Å². The lowest BCUT2D eigenvalue weighted by molar-refractivity contribution is 0.197. The maximum absolute atomic E-state index is 10.2. The molecule has 0 amide bonds. The summed E-state index contributed by atoms with van der Waals surface area (Å²) in [7, 11) is 0. The van der Waals surface area contributed by atoms with Gasteiger partial charge in [-0.1, -0.05) is 12.1 Å². The number of aliphatic hydroxyl groups excluding tert-OH is 1. The lowest BCUT2D eigenvalue weighted by Crippen LogP contribution is -2.04. The number of anilines is 1. The molecule has 5 rings (SSSR count). The van der Waals surface area contributed by atoms with Crippen molar-refractivity contribution in [1.82, 2.24) is 29.5 Å². The Bertz CT molecular complexity index is 1490. The van der Waals surface area contributed by atoms with Crippen molar-refractivity contribution in [1.29, 1.82) is 5.26 Å². The van der Waals surface area contributed by atoms with Crippen molar-refractivity contribution >= 4 is 16.9 Å². The standard InChI is InChI=1S/C26H28N8O/c1-15-24(17(3)35)16(2)34(31-15)23-12-22(28)30-26-21(10-11-29-23)25(32-33(26)14-19-4-5-19)20-8-6-18(13-27)7-9-20/h6-12,17,19,30,35H,4-5,14,28H2,1-3H3. The molecule has 1 fully saturated rings. The van der Waals surface area contributed by atoms with Crippen LogP contribution in [0.1, 0.15) is 48.4 Å². The van der Waals surface area contributed by atoms with Gasteiger partial charge in [0.1, 0.15) is 17.2 Å². The first-order chi connectivity index (χ1) is 16.9. The first-order valence-corrected chi connectivity index (χ1v) is 11.7. The molecule has 4 aromatic rings. The largest absolute Gasteiger partial charge is 0.389 e. The molecule has 0 spiro atoms. The second kappa shape index (κ2) is 8.89. The topological polar surface area (TPSA) is 134 Å². The quantitative estimate of drug-likeness (QED) is 0.400. The molecule has 3 aromatic heterocycles. The molecule has 9 nitrogen and oxygen atoms in total. The Morgan fingerprint density at radius 3 is 2.57 bits per heavy atom. The van der Waals surface area contributed by atoms with Crippen LogP contribution in [0, 0.1) is 31.1 Å². The lowest BCUT2D eigenvalue weighted by Gasteiger charge is -2.06. The third-order valence-corrected chi connectivity index (χ3v) is 6.38. The number of aliphatic hydroxyl groups is 1. The molecule has 178 valence electrons. The van der Waals surface area contributed by atoms with E-state index >= 15 is 0 Å². The number of H-pyrrole nitrogens is 1. The molecule has 1 aliphatic rings. The van der Waals surface area contributed by atoms with E-state index in [1.165, 1.54) is 12.8 Å². The van der Waals surface area contributed by atoms with Gasteiger partial charge in [-0.3, -0.25) is 0 Å². The predicted molar refractivity (Wildman–Crippen MR) is 134 cm³/mol. The first kappa shape index (κ1) is 22.6. The maximum Gasteiger partial charge on any atom is 0.157 e. The van der Waals surface area contributed by atoms with Crippen molar-refractivity contribution in [3.63, 3.8) is 0 Å². The number of hydrogen-bond acceptors (Lipinski definition) is 6. The van der Waals surface area contributed by atoms with Crippen LogP contribution in [0.2, 0.25) is 0 Å². The monoisotopic (exact) mass is 468 g/mol. The fraction of sp³-hybridized carbons (Fsp3) is 0.308. The molecule has 1 atom stereocenters. The van der Waals surface area contributed by atoms with Gasteiger partial charge in [0.15, 0.2) is 5.82 Å². The molecule has 1 aliphatic carbocycles. The molecule has 1 aromatic carbocycles. The molecular weight excluding hydrogens is 440 g/mol. The number of aryl methyl sites for hydroxylation is 1. The van der Waals surface area contributed by atoms with Crippen LogP contribution in [0.3, 0.4) is 0 Å². The number of nitrogens with one attached hydrogen (secondary N) is 1.